The van der Waals surface area contributed by atoms with Crippen LogP contribution in [-0.4, -0.2) is 27.4 Å². The van der Waals surface area contributed by atoms with Gasteiger partial charge in [0.05, 0.1) is 0 Å². The maximum Gasteiger partial charge on any atom is 0.384 e. The van der Waals surface area contributed by atoms with Crippen molar-refractivity contribution in [1.82, 2.24) is 0 Å². The Balaban J connectivity index is 1.83. The van der Waals surface area contributed by atoms with Gasteiger partial charge in [-0.25, -0.2) is 4.79 Å². The molecular weight excluding hydrogens is 284 g/mol. The first-order valence-electron chi connectivity index (χ1n) is 6.70. The van der Waals surface area contributed by atoms with Gasteiger partial charge in [0.1, 0.15) is 14.7 Å². The van der Waals surface area contributed by atoms with Crippen LogP contribution in [0.1, 0.15) is 5.56 Å². The van der Waals surface area contributed by atoms with Gasteiger partial charge >= 0.3 is 5.97 Å². The summed E-state index contributed by atoms with van der Waals surface area (Å²) >= 11 is 0. The highest BCUT2D eigenvalue weighted by Crippen LogP contribution is 2.32. The highest BCUT2D eigenvalue weighted by atomic mass is 28.3. The molecule has 0 saturated carbocycles. The minimum Gasteiger partial charge on any atom is -0.454 e. The van der Waals surface area contributed by atoms with Crippen molar-refractivity contribution in [3.8, 4) is 23.0 Å². The molecule has 0 radical (unpaired) electrons. The average Bonchev–Trinajstić information content (AvgIpc) is 2.88. The number of ether oxygens (including phenoxy) is 3. The van der Waals surface area contributed by atoms with E-state index in [2.05, 4.69) is 31.1 Å². The fraction of sp³-hybridized carbons (Fsp3) is 0.312. The maximum atomic E-state index is 11.4. The summed E-state index contributed by atoms with van der Waals surface area (Å²) in [6.45, 7) is 6.69. The first-order valence-corrected chi connectivity index (χ1v) is 10.2. The van der Waals surface area contributed by atoms with Gasteiger partial charge < -0.3 is 14.2 Å². The lowest BCUT2D eigenvalue weighted by Gasteiger charge is -2.03. The van der Waals surface area contributed by atoms with Gasteiger partial charge in [-0.15, -0.1) is 5.54 Å². The normalized spacial score (nSPS) is 12.9. The summed E-state index contributed by atoms with van der Waals surface area (Å²) in [6.07, 6.45) is 3.63. The van der Waals surface area contributed by atoms with E-state index in [4.69, 9.17) is 14.2 Å². The molecule has 1 aliphatic rings. The molecule has 1 aliphatic heterocycles. The molecule has 1 aromatic carbocycles. The fourth-order valence-corrected chi connectivity index (χ4v) is 2.08. The topological polar surface area (TPSA) is 44.8 Å². The van der Waals surface area contributed by atoms with E-state index >= 15 is 0 Å². The molecule has 0 N–H and O–H groups in total. The Labute approximate surface area is 125 Å². The number of hydrogen-bond acceptors (Lipinski definition) is 4. The van der Waals surface area contributed by atoms with E-state index in [1.807, 2.05) is 24.3 Å². The lowest BCUT2D eigenvalue weighted by molar-refractivity contribution is -0.135. The second-order valence-electron chi connectivity index (χ2n) is 5.61. The summed E-state index contributed by atoms with van der Waals surface area (Å²) in [5.41, 5.74) is 3.93. The van der Waals surface area contributed by atoms with E-state index in [1.54, 1.807) is 6.08 Å². The third kappa shape index (κ3) is 5.01. The average molecular weight is 302 g/mol. The highest BCUT2D eigenvalue weighted by molar-refractivity contribution is 6.84. The van der Waals surface area contributed by atoms with Gasteiger partial charge in [-0.1, -0.05) is 31.8 Å². The van der Waals surface area contributed by atoms with E-state index in [9.17, 15) is 4.79 Å². The van der Waals surface area contributed by atoms with Crippen LogP contribution < -0.4 is 9.47 Å². The minimum absolute atomic E-state index is 0.202. The summed E-state index contributed by atoms with van der Waals surface area (Å²) in [6, 6.07) is 5.65. The lowest BCUT2D eigenvalue weighted by Crippen LogP contribution is -2.17. The number of fused-ring (bicyclic) bond motifs is 1. The Morgan fingerprint density at radius 3 is 2.86 bits per heavy atom. The second-order valence-corrected chi connectivity index (χ2v) is 10.4. The van der Waals surface area contributed by atoms with Crippen molar-refractivity contribution in [3.63, 3.8) is 0 Å². The molecule has 0 fully saturated rings. The molecule has 2 rings (SSSR count). The van der Waals surface area contributed by atoms with Crippen LogP contribution in [0.25, 0.3) is 6.08 Å². The molecule has 0 saturated heterocycles. The summed E-state index contributed by atoms with van der Waals surface area (Å²) in [4.78, 5) is 11.4. The molecular formula is C16H18O4Si. The largest absolute Gasteiger partial charge is 0.454 e. The summed E-state index contributed by atoms with van der Waals surface area (Å²) in [5, 5.41) is 0. The smallest absolute Gasteiger partial charge is 0.384 e. The third-order valence-corrected chi connectivity index (χ3v) is 3.43. The Hall–Kier alpha value is -2.19. The predicted molar refractivity (Wildman–Crippen MR) is 83.7 cm³/mol. The van der Waals surface area contributed by atoms with Gasteiger partial charge in [0.2, 0.25) is 6.79 Å². The standard InChI is InChI=1S/C16H18O4Si/c1-21(2,3)10-8-16(17)18-9-4-5-13-6-7-14-15(11-13)20-12-19-14/h4-7,11H,9,12H2,1-3H3/b5-4+. The highest BCUT2D eigenvalue weighted by Gasteiger charge is 2.12. The van der Waals surface area contributed by atoms with Crippen molar-refractivity contribution in [2.45, 2.75) is 19.6 Å². The maximum absolute atomic E-state index is 11.4. The van der Waals surface area contributed by atoms with Gasteiger partial charge in [-0.2, -0.15) is 0 Å². The molecule has 1 aromatic rings. The van der Waals surface area contributed by atoms with Crippen LogP contribution in [0.2, 0.25) is 19.6 Å². The first kappa shape index (κ1) is 15.2. The van der Waals surface area contributed by atoms with Crippen molar-refractivity contribution in [2.24, 2.45) is 0 Å². The molecule has 0 aliphatic carbocycles. The molecule has 0 unspecified atom stereocenters. The molecule has 0 aromatic heterocycles. The molecule has 5 heteroatoms. The molecule has 21 heavy (non-hydrogen) atoms. The van der Waals surface area contributed by atoms with Gasteiger partial charge in [0.25, 0.3) is 0 Å². The van der Waals surface area contributed by atoms with E-state index < -0.39 is 14.0 Å². The van der Waals surface area contributed by atoms with Gasteiger partial charge in [-0.05, 0) is 23.8 Å². The molecule has 4 nitrogen and oxygen atoms in total. The number of benzene rings is 1. The van der Waals surface area contributed by atoms with Crippen molar-refractivity contribution in [3.05, 3.63) is 29.8 Å². The Morgan fingerprint density at radius 2 is 2.10 bits per heavy atom. The summed E-state index contributed by atoms with van der Waals surface area (Å²) in [5.74, 6) is 3.54. The van der Waals surface area contributed by atoms with Crippen molar-refractivity contribution in [1.29, 1.82) is 0 Å². The van der Waals surface area contributed by atoms with E-state index in [-0.39, 0.29) is 13.4 Å². The molecule has 0 atom stereocenters. The van der Waals surface area contributed by atoms with Gasteiger partial charge in [0, 0.05) is 5.92 Å². The third-order valence-electron chi connectivity index (χ3n) is 2.56. The van der Waals surface area contributed by atoms with E-state index in [0.29, 0.717) is 0 Å². The number of esters is 1. The molecule has 0 amide bonds. The van der Waals surface area contributed by atoms with Crippen LogP contribution >= 0.6 is 0 Å². The summed E-state index contributed by atoms with van der Waals surface area (Å²) < 4.78 is 15.5. The number of rotatable bonds is 3. The summed E-state index contributed by atoms with van der Waals surface area (Å²) in [7, 11) is -1.54. The molecule has 0 spiro atoms. The van der Waals surface area contributed by atoms with Crippen LogP contribution in [0.5, 0.6) is 11.5 Å². The molecule has 1 heterocycles. The van der Waals surface area contributed by atoms with Crippen molar-refractivity contribution in [2.75, 3.05) is 13.4 Å². The zero-order valence-corrected chi connectivity index (χ0v) is 13.4. The van der Waals surface area contributed by atoms with Gasteiger partial charge in [-0.3, -0.25) is 0 Å². The van der Waals surface area contributed by atoms with E-state index in [0.717, 1.165) is 17.1 Å². The zero-order chi connectivity index (χ0) is 15.3. The van der Waals surface area contributed by atoms with Crippen LogP contribution in [0.15, 0.2) is 24.3 Å². The van der Waals surface area contributed by atoms with E-state index in [1.165, 1.54) is 0 Å². The van der Waals surface area contributed by atoms with Gasteiger partial charge in [0.15, 0.2) is 11.5 Å². The van der Waals surface area contributed by atoms with Crippen LogP contribution in [0.3, 0.4) is 0 Å². The van der Waals surface area contributed by atoms with Crippen LogP contribution in [-0.2, 0) is 9.53 Å². The first-order chi connectivity index (χ1) is 9.94. The zero-order valence-electron chi connectivity index (χ0n) is 12.4. The predicted octanol–water partition coefficient (Wildman–Crippen LogP) is 2.85. The number of carbonyl (C=O) groups excluding carboxylic acids is 1. The molecule has 0 bridgehead atoms. The second kappa shape index (κ2) is 6.51. The van der Waals surface area contributed by atoms with Crippen molar-refractivity contribution < 1.29 is 19.0 Å². The Bertz CT molecular complexity index is 617. The monoisotopic (exact) mass is 302 g/mol. The number of carbonyl (C=O) groups is 1. The lowest BCUT2D eigenvalue weighted by atomic mass is 10.2. The quantitative estimate of drug-likeness (QED) is 0.489. The number of hydrogen-bond donors (Lipinski definition) is 0. The minimum atomic E-state index is -1.54. The van der Waals surface area contributed by atoms with Crippen LogP contribution in [0, 0.1) is 11.5 Å². The Kier molecular flexibility index (Phi) is 4.71. The molecule has 110 valence electrons. The van der Waals surface area contributed by atoms with Crippen molar-refractivity contribution >= 4 is 20.1 Å². The fourth-order valence-electron chi connectivity index (χ4n) is 1.60. The van der Waals surface area contributed by atoms with Crippen LogP contribution in [0.4, 0.5) is 0 Å². The Morgan fingerprint density at radius 1 is 1.33 bits per heavy atom. The SMILES string of the molecule is C[Si](C)(C)C#CC(=O)OC/C=C/c1ccc2c(c1)OCO2.